The van der Waals surface area contributed by atoms with E-state index in [-0.39, 0.29) is 10.6 Å². The second kappa shape index (κ2) is 10.9. The van der Waals surface area contributed by atoms with Crippen molar-refractivity contribution in [3.63, 3.8) is 0 Å². The number of anilines is 2. The van der Waals surface area contributed by atoms with Crippen LogP contribution in [0.3, 0.4) is 0 Å². The molecule has 0 unspecified atom stereocenters. The third-order valence-corrected chi connectivity index (χ3v) is 9.08. The van der Waals surface area contributed by atoms with Crippen LogP contribution in [0.1, 0.15) is 33.6 Å². The molecule has 2 aromatic carbocycles. The van der Waals surface area contributed by atoms with Crippen LogP contribution in [0, 0.1) is 0 Å². The largest absolute Gasteiger partial charge is 0.497 e. The Morgan fingerprint density at radius 1 is 1.08 bits per heavy atom. The highest BCUT2D eigenvalue weighted by atomic mass is 35.5. The first-order chi connectivity index (χ1) is 17.2. The molecule has 0 aliphatic heterocycles. The number of carbonyl (C=O) groups is 2. The van der Waals surface area contributed by atoms with E-state index in [1.807, 2.05) is 0 Å². The first-order valence-electron chi connectivity index (χ1n) is 11.2. The lowest BCUT2D eigenvalue weighted by molar-refractivity contribution is -0.114. The predicted octanol–water partition coefficient (Wildman–Crippen LogP) is 4.91. The predicted molar refractivity (Wildman–Crippen MR) is 140 cm³/mol. The minimum atomic E-state index is -4.15. The molecule has 1 N–H and O–H groups in total. The standard InChI is InChI=1S/C25H25ClN2O6S2/c1-33-18-10-12-19(13-11-18)36(31,32)28(17-7-5-6-16(26)14-17)15-22(29)27-24-23(25(30)34-2)20-8-3-4-9-21(20)35-24/h5-7,10-14H,3-4,8-9,15H2,1-2H3,(H,27,29). The van der Waals surface area contributed by atoms with Gasteiger partial charge >= 0.3 is 5.97 Å². The van der Waals surface area contributed by atoms with E-state index in [1.165, 1.54) is 55.9 Å². The number of hydrogen-bond acceptors (Lipinski definition) is 7. The van der Waals surface area contributed by atoms with Gasteiger partial charge in [0.25, 0.3) is 10.0 Å². The van der Waals surface area contributed by atoms with E-state index in [2.05, 4.69) is 5.32 Å². The van der Waals surface area contributed by atoms with Gasteiger partial charge in [0, 0.05) is 9.90 Å². The monoisotopic (exact) mass is 548 g/mol. The second-order valence-corrected chi connectivity index (χ2v) is 11.5. The first kappa shape index (κ1) is 26.0. The molecule has 0 fully saturated rings. The summed E-state index contributed by atoms with van der Waals surface area (Å²) in [7, 11) is -1.37. The maximum Gasteiger partial charge on any atom is 0.341 e. The van der Waals surface area contributed by atoms with Gasteiger partial charge < -0.3 is 14.8 Å². The maximum atomic E-state index is 13.6. The van der Waals surface area contributed by atoms with Gasteiger partial charge in [-0.3, -0.25) is 9.10 Å². The molecular weight excluding hydrogens is 524 g/mol. The highest BCUT2D eigenvalue weighted by Gasteiger charge is 2.30. The zero-order valence-corrected chi connectivity index (χ0v) is 22.1. The number of halogens is 1. The van der Waals surface area contributed by atoms with Crippen LogP contribution in [0.5, 0.6) is 5.75 Å². The summed E-state index contributed by atoms with van der Waals surface area (Å²) in [5.41, 5.74) is 1.47. The van der Waals surface area contributed by atoms with Crippen LogP contribution in [0.2, 0.25) is 5.02 Å². The Hall–Kier alpha value is -3.08. The number of methoxy groups -OCH3 is 2. The molecule has 1 aliphatic rings. The summed E-state index contributed by atoms with van der Waals surface area (Å²) in [6.07, 6.45) is 3.50. The minimum Gasteiger partial charge on any atom is -0.497 e. The maximum absolute atomic E-state index is 13.6. The molecule has 0 saturated heterocycles. The molecule has 0 atom stereocenters. The Kier molecular flexibility index (Phi) is 7.87. The summed E-state index contributed by atoms with van der Waals surface area (Å²) in [5, 5.41) is 3.45. The number of aryl methyl sites for hydroxylation is 1. The van der Waals surface area contributed by atoms with Gasteiger partial charge in [-0.2, -0.15) is 0 Å². The zero-order chi connectivity index (χ0) is 25.9. The number of rotatable bonds is 8. The lowest BCUT2D eigenvalue weighted by Crippen LogP contribution is -2.38. The van der Waals surface area contributed by atoms with Crippen molar-refractivity contribution in [1.82, 2.24) is 0 Å². The zero-order valence-electron chi connectivity index (χ0n) is 19.7. The Balaban J connectivity index is 1.68. The number of nitrogens with zero attached hydrogens (tertiary/aromatic N) is 1. The number of hydrogen-bond donors (Lipinski definition) is 1. The second-order valence-electron chi connectivity index (χ2n) is 8.12. The van der Waals surface area contributed by atoms with Crippen LogP contribution in [0.4, 0.5) is 10.7 Å². The van der Waals surface area contributed by atoms with Crippen molar-refractivity contribution in [3.05, 3.63) is 69.6 Å². The molecule has 1 aromatic heterocycles. The molecule has 190 valence electrons. The quantitative estimate of drug-likeness (QED) is 0.401. The number of thiophene rings is 1. The molecule has 1 heterocycles. The highest BCUT2D eigenvalue weighted by molar-refractivity contribution is 7.92. The summed E-state index contributed by atoms with van der Waals surface area (Å²) in [5.74, 6) is -0.629. The molecule has 0 bridgehead atoms. The van der Waals surface area contributed by atoms with Crippen molar-refractivity contribution in [2.45, 2.75) is 30.6 Å². The molecule has 0 saturated carbocycles. The van der Waals surface area contributed by atoms with Gasteiger partial charge in [-0.1, -0.05) is 17.7 Å². The molecule has 11 heteroatoms. The molecular formula is C25H25ClN2O6S2. The smallest absolute Gasteiger partial charge is 0.341 e. The Bertz CT molecular complexity index is 1390. The fourth-order valence-corrected chi connectivity index (χ4v) is 6.98. The van der Waals surface area contributed by atoms with Crippen LogP contribution in [-0.4, -0.2) is 41.1 Å². The Morgan fingerprint density at radius 3 is 2.47 bits per heavy atom. The first-order valence-corrected chi connectivity index (χ1v) is 13.8. The summed E-state index contributed by atoms with van der Waals surface area (Å²) >= 11 is 7.46. The van der Waals surface area contributed by atoms with Gasteiger partial charge in [0.05, 0.1) is 30.4 Å². The van der Waals surface area contributed by atoms with E-state index in [9.17, 15) is 18.0 Å². The van der Waals surface area contributed by atoms with E-state index in [0.717, 1.165) is 40.4 Å². The summed E-state index contributed by atoms with van der Waals surface area (Å²) in [4.78, 5) is 26.8. The summed E-state index contributed by atoms with van der Waals surface area (Å²) in [6.45, 7) is -0.530. The van der Waals surface area contributed by atoms with Gasteiger partial charge in [-0.05, 0) is 73.7 Å². The van der Waals surface area contributed by atoms with Crippen LogP contribution >= 0.6 is 22.9 Å². The summed E-state index contributed by atoms with van der Waals surface area (Å²) in [6, 6.07) is 12.1. The van der Waals surface area contributed by atoms with E-state index >= 15 is 0 Å². The Labute approximate surface area is 218 Å². The van der Waals surface area contributed by atoms with Gasteiger partial charge in [0.2, 0.25) is 5.91 Å². The van der Waals surface area contributed by atoms with E-state index in [1.54, 1.807) is 18.2 Å². The topological polar surface area (TPSA) is 102 Å². The number of amides is 1. The average molecular weight is 549 g/mol. The number of fused-ring (bicyclic) bond motifs is 1. The molecule has 4 rings (SSSR count). The fraction of sp³-hybridized carbons (Fsp3) is 0.280. The fourth-order valence-electron chi connectivity index (χ4n) is 4.09. The molecule has 3 aromatic rings. The lowest BCUT2D eigenvalue weighted by Gasteiger charge is -2.24. The number of carbonyl (C=O) groups excluding carboxylic acids is 2. The van der Waals surface area contributed by atoms with Crippen LogP contribution in [0.15, 0.2) is 53.4 Å². The normalized spacial score (nSPS) is 13.0. The van der Waals surface area contributed by atoms with Crippen molar-refractivity contribution in [3.8, 4) is 5.75 Å². The van der Waals surface area contributed by atoms with Gasteiger partial charge in [-0.25, -0.2) is 13.2 Å². The lowest BCUT2D eigenvalue weighted by atomic mass is 9.95. The number of sulfonamides is 1. The van der Waals surface area contributed by atoms with Crippen LogP contribution in [0.25, 0.3) is 0 Å². The molecule has 0 radical (unpaired) electrons. The third kappa shape index (κ3) is 5.35. The average Bonchev–Trinajstić information content (AvgIpc) is 3.24. The number of ether oxygens (including phenoxy) is 2. The number of benzene rings is 2. The molecule has 1 aliphatic carbocycles. The van der Waals surface area contributed by atoms with Crippen molar-refractivity contribution in [2.75, 3.05) is 30.4 Å². The van der Waals surface area contributed by atoms with Crippen molar-refractivity contribution < 1.29 is 27.5 Å². The third-order valence-electron chi connectivity index (χ3n) is 5.84. The van der Waals surface area contributed by atoms with Gasteiger partial charge in [0.1, 0.15) is 17.3 Å². The molecule has 8 nitrogen and oxygen atoms in total. The van der Waals surface area contributed by atoms with E-state index in [0.29, 0.717) is 21.3 Å². The Morgan fingerprint density at radius 2 is 1.81 bits per heavy atom. The van der Waals surface area contributed by atoms with E-state index in [4.69, 9.17) is 21.1 Å². The summed E-state index contributed by atoms with van der Waals surface area (Å²) < 4.78 is 38.3. The molecule has 0 spiro atoms. The number of esters is 1. The van der Waals surface area contributed by atoms with Gasteiger partial charge in [0.15, 0.2) is 0 Å². The molecule has 36 heavy (non-hydrogen) atoms. The van der Waals surface area contributed by atoms with Crippen LogP contribution < -0.4 is 14.4 Å². The SMILES string of the molecule is COC(=O)c1c(NC(=O)CN(c2cccc(Cl)c2)S(=O)(=O)c2ccc(OC)cc2)sc2c1CCCC2. The van der Waals surface area contributed by atoms with Gasteiger partial charge in [-0.15, -0.1) is 11.3 Å². The van der Waals surface area contributed by atoms with Crippen molar-refractivity contribution in [2.24, 2.45) is 0 Å². The minimum absolute atomic E-state index is 0.0158. The van der Waals surface area contributed by atoms with E-state index < -0.39 is 28.4 Å². The highest BCUT2D eigenvalue weighted by Crippen LogP contribution is 2.38. The number of nitrogens with one attached hydrogen (secondary N) is 1. The van der Waals surface area contributed by atoms with Crippen molar-refractivity contribution in [1.29, 1.82) is 0 Å². The van der Waals surface area contributed by atoms with Crippen LogP contribution in [-0.2, 0) is 32.4 Å². The molecule has 1 amide bonds. The van der Waals surface area contributed by atoms with Crippen molar-refractivity contribution >= 4 is 55.5 Å².